The van der Waals surface area contributed by atoms with Gasteiger partial charge in [0.25, 0.3) is 0 Å². The van der Waals surface area contributed by atoms with Crippen LogP contribution in [0, 0.1) is 5.41 Å². The first kappa shape index (κ1) is 10.8. The molecule has 0 aromatic rings. The molecule has 76 valence electrons. The summed E-state index contributed by atoms with van der Waals surface area (Å²) in [5.41, 5.74) is 8.11. The molecule has 1 nitrogen and oxygen atoms in total. The van der Waals surface area contributed by atoms with E-state index in [2.05, 4.69) is 27.4 Å². The van der Waals surface area contributed by atoms with Gasteiger partial charge in [0, 0.05) is 5.54 Å². The van der Waals surface area contributed by atoms with E-state index < -0.39 is 0 Å². The van der Waals surface area contributed by atoms with Crippen LogP contribution in [0.5, 0.6) is 0 Å². The summed E-state index contributed by atoms with van der Waals surface area (Å²) in [6, 6.07) is 0. The summed E-state index contributed by atoms with van der Waals surface area (Å²) < 4.78 is 0. The maximum Gasteiger partial charge on any atom is 0.0192 e. The predicted octanol–water partition coefficient (Wildman–Crippen LogP) is 3.25. The molecule has 0 aromatic heterocycles. The van der Waals surface area contributed by atoms with Crippen LogP contribution in [0.15, 0.2) is 12.2 Å². The zero-order valence-corrected chi connectivity index (χ0v) is 9.32. The van der Waals surface area contributed by atoms with Crippen LogP contribution < -0.4 is 5.73 Å². The van der Waals surface area contributed by atoms with E-state index in [4.69, 9.17) is 5.73 Å². The highest BCUT2D eigenvalue weighted by Crippen LogP contribution is 2.41. The minimum absolute atomic E-state index is 0.0569. The van der Waals surface area contributed by atoms with E-state index in [1.54, 1.807) is 0 Å². The first-order chi connectivity index (χ1) is 5.83. The van der Waals surface area contributed by atoms with Crippen molar-refractivity contribution in [2.75, 3.05) is 0 Å². The molecule has 0 spiro atoms. The molecule has 13 heavy (non-hydrogen) atoms. The first-order valence-electron chi connectivity index (χ1n) is 5.26. The minimum atomic E-state index is 0.0569. The monoisotopic (exact) mass is 181 g/mol. The van der Waals surface area contributed by atoms with E-state index >= 15 is 0 Å². The largest absolute Gasteiger partial charge is 0.325 e. The normalized spacial score (nSPS) is 25.5. The molecule has 0 aliphatic heterocycles. The molecule has 0 radical (unpaired) electrons. The van der Waals surface area contributed by atoms with Gasteiger partial charge >= 0.3 is 0 Å². The SMILES string of the molecule is C=C(C)CC1(N)CCC(C)(C)CC1. The molecule has 0 heterocycles. The molecule has 2 N–H and O–H groups in total. The second kappa shape index (κ2) is 3.45. The van der Waals surface area contributed by atoms with Gasteiger partial charge in [-0.05, 0) is 44.4 Å². The van der Waals surface area contributed by atoms with Crippen molar-refractivity contribution in [3.63, 3.8) is 0 Å². The molecule has 1 fully saturated rings. The van der Waals surface area contributed by atoms with Crippen LogP contribution in [0.2, 0.25) is 0 Å². The molecule has 1 aliphatic rings. The number of hydrogen-bond donors (Lipinski definition) is 1. The third-order valence-electron chi connectivity index (χ3n) is 3.25. The van der Waals surface area contributed by atoms with Crippen molar-refractivity contribution in [3.8, 4) is 0 Å². The number of nitrogens with two attached hydrogens (primary N) is 1. The fourth-order valence-corrected chi connectivity index (χ4v) is 2.20. The molecular formula is C12H23N. The molecule has 0 saturated heterocycles. The summed E-state index contributed by atoms with van der Waals surface area (Å²) in [5, 5.41) is 0. The fourth-order valence-electron chi connectivity index (χ4n) is 2.20. The Kier molecular flexibility index (Phi) is 2.86. The first-order valence-corrected chi connectivity index (χ1v) is 5.26. The van der Waals surface area contributed by atoms with Crippen LogP contribution in [-0.2, 0) is 0 Å². The van der Waals surface area contributed by atoms with Crippen molar-refractivity contribution in [1.29, 1.82) is 0 Å². The van der Waals surface area contributed by atoms with Gasteiger partial charge in [-0.2, -0.15) is 0 Å². The maximum atomic E-state index is 6.32. The summed E-state index contributed by atoms with van der Waals surface area (Å²) in [4.78, 5) is 0. The zero-order chi connectivity index (χ0) is 10.1. The molecule has 0 amide bonds. The Hall–Kier alpha value is -0.300. The van der Waals surface area contributed by atoms with Gasteiger partial charge in [0.1, 0.15) is 0 Å². The molecule has 0 aromatic carbocycles. The Morgan fingerprint density at radius 1 is 1.23 bits per heavy atom. The van der Waals surface area contributed by atoms with Crippen molar-refractivity contribution in [2.45, 2.75) is 58.4 Å². The third kappa shape index (κ3) is 3.15. The summed E-state index contributed by atoms with van der Waals surface area (Å²) in [5.74, 6) is 0. The summed E-state index contributed by atoms with van der Waals surface area (Å²) in [6.45, 7) is 10.7. The van der Waals surface area contributed by atoms with E-state index in [1.807, 2.05) is 0 Å². The molecule has 0 atom stereocenters. The lowest BCUT2D eigenvalue weighted by Crippen LogP contribution is -2.45. The highest BCUT2D eigenvalue weighted by molar-refractivity contribution is 5.03. The molecule has 1 rings (SSSR count). The highest BCUT2D eigenvalue weighted by Gasteiger charge is 2.34. The molecule has 1 aliphatic carbocycles. The average molecular weight is 181 g/mol. The van der Waals surface area contributed by atoms with Gasteiger partial charge in [-0.15, -0.1) is 6.58 Å². The lowest BCUT2D eigenvalue weighted by Gasteiger charge is -2.41. The smallest absolute Gasteiger partial charge is 0.0192 e. The minimum Gasteiger partial charge on any atom is -0.325 e. The van der Waals surface area contributed by atoms with Crippen molar-refractivity contribution < 1.29 is 0 Å². The molecule has 1 saturated carbocycles. The van der Waals surface area contributed by atoms with E-state index in [1.165, 1.54) is 18.4 Å². The Morgan fingerprint density at radius 3 is 2.08 bits per heavy atom. The fraction of sp³-hybridized carbons (Fsp3) is 0.833. The predicted molar refractivity (Wildman–Crippen MR) is 58.6 cm³/mol. The van der Waals surface area contributed by atoms with E-state index in [-0.39, 0.29) is 5.54 Å². The summed E-state index contributed by atoms with van der Waals surface area (Å²) in [7, 11) is 0. The van der Waals surface area contributed by atoms with Gasteiger partial charge in [-0.25, -0.2) is 0 Å². The summed E-state index contributed by atoms with van der Waals surface area (Å²) >= 11 is 0. The van der Waals surface area contributed by atoms with Gasteiger partial charge in [0.2, 0.25) is 0 Å². The van der Waals surface area contributed by atoms with Crippen molar-refractivity contribution in [2.24, 2.45) is 11.1 Å². The van der Waals surface area contributed by atoms with E-state index in [0.717, 1.165) is 19.3 Å². The zero-order valence-electron chi connectivity index (χ0n) is 9.32. The Morgan fingerprint density at radius 2 is 1.69 bits per heavy atom. The standard InChI is InChI=1S/C12H23N/c1-10(2)9-12(13)7-5-11(3,4)6-8-12/h1,5-9,13H2,2-4H3. The van der Waals surface area contributed by atoms with Crippen LogP contribution in [0.25, 0.3) is 0 Å². The average Bonchev–Trinajstić information content (AvgIpc) is 1.95. The Bertz CT molecular complexity index is 193. The van der Waals surface area contributed by atoms with Gasteiger partial charge < -0.3 is 5.73 Å². The van der Waals surface area contributed by atoms with Crippen LogP contribution in [0.1, 0.15) is 52.9 Å². The number of rotatable bonds is 2. The highest BCUT2D eigenvalue weighted by atomic mass is 14.7. The van der Waals surface area contributed by atoms with E-state index in [0.29, 0.717) is 5.41 Å². The second-order valence-corrected chi connectivity index (χ2v) is 5.66. The second-order valence-electron chi connectivity index (χ2n) is 5.66. The van der Waals surface area contributed by atoms with Gasteiger partial charge in [0.05, 0.1) is 0 Å². The Labute approximate surface area is 82.4 Å². The van der Waals surface area contributed by atoms with Gasteiger partial charge in [-0.1, -0.05) is 19.4 Å². The third-order valence-corrected chi connectivity index (χ3v) is 3.25. The van der Waals surface area contributed by atoms with Crippen LogP contribution in [0.4, 0.5) is 0 Å². The number of hydrogen-bond acceptors (Lipinski definition) is 1. The molecular weight excluding hydrogens is 158 g/mol. The van der Waals surface area contributed by atoms with Crippen LogP contribution >= 0.6 is 0 Å². The lowest BCUT2D eigenvalue weighted by atomic mass is 9.68. The molecule has 1 heteroatoms. The Balaban J connectivity index is 2.51. The van der Waals surface area contributed by atoms with Crippen molar-refractivity contribution in [3.05, 3.63) is 12.2 Å². The van der Waals surface area contributed by atoms with Gasteiger partial charge in [-0.3, -0.25) is 0 Å². The topological polar surface area (TPSA) is 26.0 Å². The summed E-state index contributed by atoms with van der Waals surface area (Å²) in [6.07, 6.45) is 5.84. The van der Waals surface area contributed by atoms with Crippen LogP contribution in [-0.4, -0.2) is 5.54 Å². The van der Waals surface area contributed by atoms with E-state index in [9.17, 15) is 0 Å². The lowest BCUT2D eigenvalue weighted by molar-refractivity contribution is 0.164. The van der Waals surface area contributed by atoms with Crippen LogP contribution in [0.3, 0.4) is 0 Å². The molecule has 0 bridgehead atoms. The van der Waals surface area contributed by atoms with Crippen molar-refractivity contribution >= 4 is 0 Å². The quantitative estimate of drug-likeness (QED) is 0.650. The van der Waals surface area contributed by atoms with Crippen molar-refractivity contribution in [1.82, 2.24) is 0 Å². The maximum absolute atomic E-state index is 6.32. The molecule has 0 unspecified atom stereocenters. The van der Waals surface area contributed by atoms with Gasteiger partial charge in [0.15, 0.2) is 0 Å².